The van der Waals surface area contributed by atoms with Gasteiger partial charge in [-0.15, -0.1) is 0 Å². The van der Waals surface area contributed by atoms with E-state index in [1.54, 1.807) is 55.6 Å². The lowest BCUT2D eigenvalue weighted by Crippen LogP contribution is -2.68. The number of amides is 2. The molecule has 2 aromatic carbocycles. The highest BCUT2D eigenvalue weighted by Crippen LogP contribution is 2.19. The van der Waals surface area contributed by atoms with Crippen molar-refractivity contribution >= 4 is 11.8 Å². The molecule has 1 atom stereocenters. The van der Waals surface area contributed by atoms with E-state index in [4.69, 9.17) is 18.9 Å². The molecule has 1 aliphatic rings. The average molecular weight is 458 g/mol. The summed E-state index contributed by atoms with van der Waals surface area (Å²) >= 11 is 0. The molecule has 0 bridgehead atoms. The summed E-state index contributed by atoms with van der Waals surface area (Å²) in [6, 6.07) is 14.8. The number of morpholine rings is 1. The molecule has 1 unspecified atom stereocenters. The summed E-state index contributed by atoms with van der Waals surface area (Å²) in [4.78, 5) is 28.2. The third kappa shape index (κ3) is 6.29. The zero-order valence-corrected chi connectivity index (χ0v) is 19.2. The van der Waals surface area contributed by atoms with E-state index in [2.05, 4.69) is 15.5 Å². The predicted octanol–water partition coefficient (Wildman–Crippen LogP) is 1.50. The van der Waals surface area contributed by atoms with Crippen LogP contribution >= 0.6 is 0 Å². The lowest BCUT2D eigenvalue weighted by atomic mass is 10.1. The quantitative estimate of drug-likeness (QED) is 0.522. The summed E-state index contributed by atoms with van der Waals surface area (Å²) < 4.78 is 22.0. The smallest absolute Gasteiger partial charge is 0.273 e. The van der Waals surface area contributed by atoms with Crippen molar-refractivity contribution < 1.29 is 28.5 Å². The maximum absolute atomic E-state index is 13.1. The van der Waals surface area contributed by atoms with E-state index in [0.29, 0.717) is 49.7 Å². The van der Waals surface area contributed by atoms with Crippen LogP contribution in [0.25, 0.3) is 0 Å². The van der Waals surface area contributed by atoms with Gasteiger partial charge in [-0.25, -0.2) is 0 Å². The Balaban J connectivity index is 1.86. The number of rotatable bonds is 10. The molecule has 9 heteroatoms. The number of ether oxygens (including phenoxy) is 4. The highest BCUT2D eigenvalue weighted by Gasteiger charge is 2.43. The Kier molecular flexibility index (Phi) is 8.79. The van der Waals surface area contributed by atoms with Gasteiger partial charge in [-0.2, -0.15) is 0 Å². The standard InChI is InChI=1S/C24H31N3O6/c1-30-20-11-9-19(10-12-20)22(28)25-21(17-27-13-15-33-16-14-27)24(31-2,32-3)26-23(29)18-7-5-4-6-8-18/h4-12,21H,13-17H2,1-3H3,(H,25,28)(H,26,29). The molecule has 0 aliphatic carbocycles. The van der Waals surface area contributed by atoms with Crippen molar-refractivity contribution in [2.24, 2.45) is 0 Å². The summed E-state index contributed by atoms with van der Waals surface area (Å²) in [5.74, 6) is -1.67. The number of hydrogen-bond donors (Lipinski definition) is 2. The summed E-state index contributed by atoms with van der Waals surface area (Å²) in [5.41, 5.74) is 0.890. The Morgan fingerprint density at radius 1 is 0.939 bits per heavy atom. The van der Waals surface area contributed by atoms with Crippen LogP contribution in [-0.2, 0) is 14.2 Å². The van der Waals surface area contributed by atoms with Crippen LogP contribution < -0.4 is 15.4 Å². The van der Waals surface area contributed by atoms with E-state index >= 15 is 0 Å². The second-order valence-corrected chi connectivity index (χ2v) is 7.56. The van der Waals surface area contributed by atoms with Crippen molar-refractivity contribution in [3.05, 3.63) is 65.7 Å². The molecule has 1 saturated heterocycles. The van der Waals surface area contributed by atoms with E-state index in [1.165, 1.54) is 14.2 Å². The number of methoxy groups -OCH3 is 3. The van der Waals surface area contributed by atoms with Gasteiger partial charge in [0.15, 0.2) is 0 Å². The first-order chi connectivity index (χ1) is 16.0. The predicted molar refractivity (Wildman–Crippen MR) is 122 cm³/mol. The molecule has 2 amide bonds. The number of nitrogens with zero attached hydrogens (tertiary/aromatic N) is 1. The highest BCUT2D eigenvalue weighted by molar-refractivity contribution is 5.95. The normalized spacial score (nSPS) is 15.5. The van der Waals surface area contributed by atoms with Gasteiger partial charge >= 0.3 is 0 Å². The molecule has 178 valence electrons. The van der Waals surface area contributed by atoms with E-state index in [-0.39, 0.29) is 11.8 Å². The lowest BCUT2D eigenvalue weighted by Gasteiger charge is -2.41. The fraction of sp³-hybridized carbons (Fsp3) is 0.417. The van der Waals surface area contributed by atoms with Gasteiger partial charge < -0.3 is 24.3 Å². The lowest BCUT2D eigenvalue weighted by molar-refractivity contribution is -0.239. The summed E-state index contributed by atoms with van der Waals surface area (Å²) in [5, 5.41) is 5.83. The average Bonchev–Trinajstić information content (AvgIpc) is 2.88. The minimum Gasteiger partial charge on any atom is -0.497 e. The monoisotopic (exact) mass is 457 g/mol. The van der Waals surface area contributed by atoms with Gasteiger partial charge in [-0.3, -0.25) is 19.8 Å². The number of carbonyl (C=O) groups excluding carboxylic acids is 2. The van der Waals surface area contributed by atoms with E-state index < -0.39 is 12.0 Å². The van der Waals surface area contributed by atoms with E-state index in [0.717, 1.165) is 0 Å². The fourth-order valence-electron chi connectivity index (χ4n) is 3.66. The summed E-state index contributed by atoms with van der Waals surface area (Å²) in [6.45, 7) is 2.92. The Bertz CT molecular complexity index is 896. The van der Waals surface area contributed by atoms with Crippen LogP contribution in [0.4, 0.5) is 0 Å². The van der Waals surface area contributed by atoms with Gasteiger partial charge in [0.25, 0.3) is 17.7 Å². The van der Waals surface area contributed by atoms with Gasteiger partial charge in [-0.05, 0) is 36.4 Å². The molecule has 0 radical (unpaired) electrons. The molecular weight excluding hydrogens is 426 g/mol. The van der Waals surface area contributed by atoms with E-state index in [1.807, 2.05) is 6.07 Å². The number of carbonyl (C=O) groups is 2. The van der Waals surface area contributed by atoms with Crippen LogP contribution in [0.1, 0.15) is 20.7 Å². The van der Waals surface area contributed by atoms with Crippen molar-refractivity contribution in [2.45, 2.75) is 12.0 Å². The second kappa shape index (κ2) is 11.8. The van der Waals surface area contributed by atoms with Crippen molar-refractivity contribution in [2.75, 3.05) is 54.2 Å². The van der Waals surface area contributed by atoms with Gasteiger partial charge in [0.05, 0.1) is 20.3 Å². The third-order valence-corrected chi connectivity index (χ3v) is 5.59. The largest absolute Gasteiger partial charge is 0.497 e. The molecule has 1 aliphatic heterocycles. The molecule has 2 N–H and O–H groups in total. The Morgan fingerprint density at radius 2 is 1.55 bits per heavy atom. The molecule has 1 fully saturated rings. The van der Waals surface area contributed by atoms with Gasteiger partial charge in [0.2, 0.25) is 0 Å². The van der Waals surface area contributed by atoms with Crippen LogP contribution in [-0.4, -0.2) is 82.8 Å². The third-order valence-electron chi connectivity index (χ3n) is 5.59. The van der Waals surface area contributed by atoms with Crippen LogP contribution in [0, 0.1) is 0 Å². The minimum atomic E-state index is -1.60. The van der Waals surface area contributed by atoms with Crippen LogP contribution in [0.5, 0.6) is 5.75 Å². The topological polar surface area (TPSA) is 98.4 Å². The maximum Gasteiger partial charge on any atom is 0.273 e. The van der Waals surface area contributed by atoms with Gasteiger partial charge in [-0.1, -0.05) is 18.2 Å². The first-order valence-electron chi connectivity index (χ1n) is 10.7. The minimum absolute atomic E-state index is 0.330. The molecule has 1 heterocycles. The number of hydrogen-bond acceptors (Lipinski definition) is 7. The maximum atomic E-state index is 13.1. The molecule has 0 saturated carbocycles. The Hall–Kier alpha value is -2.98. The summed E-state index contributed by atoms with van der Waals surface area (Å²) in [7, 11) is 4.43. The SMILES string of the molecule is COc1ccc(C(=O)NC(CN2CCOCC2)C(NC(=O)c2ccccc2)(OC)OC)cc1. The van der Waals surface area contributed by atoms with Crippen LogP contribution in [0.2, 0.25) is 0 Å². The van der Waals surface area contributed by atoms with Crippen molar-refractivity contribution in [3.8, 4) is 5.75 Å². The Morgan fingerprint density at radius 3 is 2.12 bits per heavy atom. The zero-order valence-electron chi connectivity index (χ0n) is 19.2. The van der Waals surface area contributed by atoms with Crippen LogP contribution in [0.3, 0.4) is 0 Å². The molecule has 0 aromatic heterocycles. The van der Waals surface area contributed by atoms with Crippen LogP contribution in [0.15, 0.2) is 54.6 Å². The van der Waals surface area contributed by atoms with Crippen molar-refractivity contribution in [3.63, 3.8) is 0 Å². The fourth-order valence-corrected chi connectivity index (χ4v) is 3.66. The van der Waals surface area contributed by atoms with Crippen molar-refractivity contribution in [1.82, 2.24) is 15.5 Å². The zero-order chi connectivity index (χ0) is 23.7. The van der Waals surface area contributed by atoms with E-state index in [9.17, 15) is 9.59 Å². The second-order valence-electron chi connectivity index (χ2n) is 7.56. The summed E-state index contributed by atoms with van der Waals surface area (Å²) in [6.07, 6.45) is 0. The molecular formula is C24H31N3O6. The molecule has 33 heavy (non-hydrogen) atoms. The first-order valence-corrected chi connectivity index (χ1v) is 10.7. The molecule has 0 spiro atoms. The highest BCUT2D eigenvalue weighted by atomic mass is 16.7. The molecule has 9 nitrogen and oxygen atoms in total. The first kappa shape index (κ1) is 24.7. The number of benzene rings is 2. The van der Waals surface area contributed by atoms with Gasteiger partial charge in [0.1, 0.15) is 11.8 Å². The van der Waals surface area contributed by atoms with Crippen molar-refractivity contribution in [1.29, 1.82) is 0 Å². The molecule has 2 aromatic rings. The Labute approximate surface area is 193 Å². The van der Waals surface area contributed by atoms with Gasteiger partial charge in [0, 0.05) is 45.0 Å². The number of nitrogens with one attached hydrogen (secondary N) is 2. The molecule has 3 rings (SSSR count).